The lowest BCUT2D eigenvalue weighted by Gasteiger charge is -2.08. The number of halogens is 1. The van der Waals surface area contributed by atoms with Gasteiger partial charge in [-0.2, -0.15) is 0 Å². The summed E-state index contributed by atoms with van der Waals surface area (Å²) < 4.78 is 26.4. The lowest BCUT2D eigenvalue weighted by molar-refractivity contribution is 0.102. The first-order valence-electron chi connectivity index (χ1n) is 7.09. The van der Waals surface area contributed by atoms with Crippen LogP contribution >= 0.6 is 11.6 Å². The average Bonchev–Trinajstić information content (AvgIpc) is 2.53. The van der Waals surface area contributed by atoms with Crippen molar-refractivity contribution >= 4 is 33.2 Å². The van der Waals surface area contributed by atoms with Crippen LogP contribution in [0.15, 0.2) is 53.4 Å². The molecular formula is C16H17ClN2O3S. The molecule has 0 fully saturated rings. The summed E-state index contributed by atoms with van der Waals surface area (Å²) in [4.78, 5) is 12.3. The number of nitrogens with one attached hydrogen (secondary N) is 2. The number of anilines is 1. The fourth-order valence-electron chi connectivity index (χ4n) is 1.87. The summed E-state index contributed by atoms with van der Waals surface area (Å²) in [7, 11) is -3.53. The van der Waals surface area contributed by atoms with Crippen LogP contribution in [-0.4, -0.2) is 20.9 Å². The van der Waals surface area contributed by atoms with Crippen LogP contribution in [0.3, 0.4) is 0 Å². The van der Waals surface area contributed by atoms with E-state index in [9.17, 15) is 13.2 Å². The van der Waals surface area contributed by atoms with Crippen LogP contribution in [0.4, 0.5) is 5.69 Å². The second-order valence-corrected chi connectivity index (χ2v) is 7.09. The average molecular weight is 353 g/mol. The standard InChI is InChI=1S/C16H17ClN2O3S/c1-2-10-18-23(21,22)15-8-6-12(7-9-15)16(20)19-14-5-3-4-13(17)11-14/h3-9,11,18H,2,10H2,1H3,(H,19,20). The Kier molecular flexibility index (Phi) is 5.76. The number of benzene rings is 2. The SMILES string of the molecule is CCCNS(=O)(=O)c1ccc(C(=O)Nc2cccc(Cl)c2)cc1. The van der Waals surface area contributed by atoms with Gasteiger partial charge in [0, 0.05) is 22.8 Å². The van der Waals surface area contributed by atoms with Gasteiger partial charge in [0.1, 0.15) is 0 Å². The molecule has 0 aliphatic heterocycles. The molecule has 0 heterocycles. The third kappa shape index (κ3) is 4.79. The third-order valence-corrected chi connectivity index (χ3v) is 4.76. The van der Waals surface area contributed by atoms with Crippen LogP contribution in [-0.2, 0) is 10.0 Å². The minimum atomic E-state index is -3.53. The van der Waals surface area contributed by atoms with Gasteiger partial charge in [0.2, 0.25) is 10.0 Å². The molecule has 0 unspecified atom stereocenters. The quantitative estimate of drug-likeness (QED) is 0.837. The van der Waals surface area contributed by atoms with E-state index in [1.54, 1.807) is 24.3 Å². The highest BCUT2D eigenvalue weighted by Gasteiger charge is 2.14. The normalized spacial score (nSPS) is 11.2. The second kappa shape index (κ2) is 7.59. The zero-order valence-corrected chi connectivity index (χ0v) is 14.1. The summed E-state index contributed by atoms with van der Waals surface area (Å²) in [6.45, 7) is 2.26. The van der Waals surface area contributed by atoms with Crippen molar-refractivity contribution in [2.45, 2.75) is 18.2 Å². The molecule has 2 aromatic carbocycles. The van der Waals surface area contributed by atoms with Crippen LogP contribution in [0.5, 0.6) is 0 Å². The highest BCUT2D eigenvalue weighted by Crippen LogP contribution is 2.17. The van der Waals surface area contributed by atoms with Gasteiger partial charge < -0.3 is 5.32 Å². The molecule has 1 amide bonds. The Morgan fingerprint density at radius 3 is 2.43 bits per heavy atom. The molecule has 2 aromatic rings. The first kappa shape index (κ1) is 17.5. The van der Waals surface area contributed by atoms with E-state index in [-0.39, 0.29) is 10.8 Å². The molecular weight excluding hydrogens is 336 g/mol. The molecule has 5 nitrogen and oxygen atoms in total. The number of hydrogen-bond acceptors (Lipinski definition) is 3. The summed E-state index contributed by atoms with van der Waals surface area (Å²) >= 11 is 5.86. The molecule has 0 atom stereocenters. The van der Waals surface area contributed by atoms with Crippen molar-refractivity contribution in [3.05, 3.63) is 59.1 Å². The number of rotatable bonds is 6. The zero-order chi connectivity index (χ0) is 16.9. The summed E-state index contributed by atoms with van der Waals surface area (Å²) in [5, 5.41) is 3.22. The molecule has 0 aliphatic carbocycles. The van der Waals surface area contributed by atoms with Gasteiger partial charge in [0.15, 0.2) is 0 Å². The lowest BCUT2D eigenvalue weighted by Crippen LogP contribution is -2.24. The van der Waals surface area contributed by atoms with Crippen molar-refractivity contribution in [1.82, 2.24) is 4.72 Å². The minimum Gasteiger partial charge on any atom is -0.322 e. The monoisotopic (exact) mass is 352 g/mol. The van der Waals surface area contributed by atoms with E-state index in [4.69, 9.17) is 11.6 Å². The third-order valence-electron chi connectivity index (χ3n) is 3.05. The van der Waals surface area contributed by atoms with Crippen molar-refractivity contribution in [1.29, 1.82) is 0 Å². The summed E-state index contributed by atoms with van der Waals surface area (Å²) in [6, 6.07) is 12.5. The predicted octanol–water partition coefficient (Wildman–Crippen LogP) is 3.28. The van der Waals surface area contributed by atoms with E-state index in [0.29, 0.717) is 29.2 Å². The Balaban J connectivity index is 2.11. The largest absolute Gasteiger partial charge is 0.322 e. The molecule has 0 aliphatic rings. The van der Waals surface area contributed by atoms with Gasteiger partial charge in [-0.05, 0) is 48.9 Å². The minimum absolute atomic E-state index is 0.130. The van der Waals surface area contributed by atoms with Gasteiger partial charge in [-0.25, -0.2) is 13.1 Å². The van der Waals surface area contributed by atoms with Crippen LogP contribution < -0.4 is 10.0 Å². The lowest BCUT2D eigenvalue weighted by atomic mass is 10.2. The Bertz CT molecular complexity index is 789. The van der Waals surface area contributed by atoms with Gasteiger partial charge >= 0.3 is 0 Å². The maximum atomic E-state index is 12.1. The van der Waals surface area contributed by atoms with E-state index in [2.05, 4.69) is 10.0 Å². The van der Waals surface area contributed by atoms with E-state index in [0.717, 1.165) is 0 Å². The number of sulfonamides is 1. The maximum absolute atomic E-state index is 12.1. The van der Waals surface area contributed by atoms with Crippen LogP contribution in [0.1, 0.15) is 23.7 Å². The van der Waals surface area contributed by atoms with Crippen LogP contribution in [0.25, 0.3) is 0 Å². The summed E-state index contributed by atoms with van der Waals surface area (Å²) in [6.07, 6.45) is 0.708. The molecule has 0 spiro atoms. The van der Waals surface area contributed by atoms with E-state index in [1.807, 2.05) is 6.92 Å². The van der Waals surface area contributed by atoms with Crippen molar-refractivity contribution in [3.63, 3.8) is 0 Å². The van der Waals surface area contributed by atoms with Gasteiger partial charge in [0.05, 0.1) is 4.90 Å². The fourth-order valence-corrected chi connectivity index (χ4v) is 3.20. The predicted molar refractivity (Wildman–Crippen MR) is 91.3 cm³/mol. The molecule has 0 bridgehead atoms. The second-order valence-electron chi connectivity index (χ2n) is 4.89. The summed E-state index contributed by atoms with van der Waals surface area (Å²) in [5.74, 6) is -0.335. The molecule has 0 radical (unpaired) electrons. The van der Waals surface area contributed by atoms with E-state index >= 15 is 0 Å². The van der Waals surface area contributed by atoms with Crippen LogP contribution in [0.2, 0.25) is 5.02 Å². The zero-order valence-electron chi connectivity index (χ0n) is 12.5. The van der Waals surface area contributed by atoms with E-state index < -0.39 is 10.0 Å². The van der Waals surface area contributed by atoms with Gasteiger partial charge in [-0.1, -0.05) is 24.6 Å². The Morgan fingerprint density at radius 1 is 1.13 bits per heavy atom. The molecule has 2 N–H and O–H groups in total. The highest BCUT2D eigenvalue weighted by molar-refractivity contribution is 7.89. The highest BCUT2D eigenvalue weighted by atomic mass is 35.5. The van der Waals surface area contributed by atoms with Crippen molar-refractivity contribution < 1.29 is 13.2 Å². The maximum Gasteiger partial charge on any atom is 0.255 e. The molecule has 122 valence electrons. The smallest absolute Gasteiger partial charge is 0.255 e. The molecule has 2 rings (SSSR count). The first-order valence-corrected chi connectivity index (χ1v) is 8.95. The Hall–Kier alpha value is -1.89. The molecule has 0 aromatic heterocycles. The number of amides is 1. The molecule has 0 saturated carbocycles. The van der Waals surface area contributed by atoms with E-state index in [1.165, 1.54) is 24.3 Å². The van der Waals surface area contributed by atoms with Crippen molar-refractivity contribution in [2.75, 3.05) is 11.9 Å². The molecule has 7 heteroatoms. The first-order chi connectivity index (χ1) is 10.9. The van der Waals surface area contributed by atoms with Gasteiger partial charge in [-0.3, -0.25) is 4.79 Å². The topological polar surface area (TPSA) is 75.3 Å². The van der Waals surface area contributed by atoms with Crippen molar-refractivity contribution in [3.8, 4) is 0 Å². The van der Waals surface area contributed by atoms with Gasteiger partial charge in [-0.15, -0.1) is 0 Å². The number of carbonyl (C=O) groups excluding carboxylic acids is 1. The fraction of sp³-hybridized carbons (Fsp3) is 0.188. The Labute approximate surface area is 140 Å². The van der Waals surface area contributed by atoms with Gasteiger partial charge in [0.25, 0.3) is 5.91 Å². The number of hydrogen-bond donors (Lipinski definition) is 2. The molecule has 0 saturated heterocycles. The summed E-state index contributed by atoms with van der Waals surface area (Å²) in [5.41, 5.74) is 0.934. The molecule has 23 heavy (non-hydrogen) atoms. The number of carbonyl (C=O) groups is 1. The van der Waals surface area contributed by atoms with Crippen LogP contribution in [0, 0.1) is 0 Å². The Morgan fingerprint density at radius 2 is 1.83 bits per heavy atom. The van der Waals surface area contributed by atoms with Crippen molar-refractivity contribution in [2.24, 2.45) is 0 Å².